The van der Waals surface area contributed by atoms with E-state index in [0.717, 1.165) is 105 Å². The van der Waals surface area contributed by atoms with E-state index in [-0.39, 0.29) is 35.1 Å². The summed E-state index contributed by atoms with van der Waals surface area (Å²) in [7, 11) is 0. The Labute approximate surface area is 412 Å². The number of aromatic amines is 1. The highest BCUT2D eigenvalue weighted by atomic mass is 16.5. The number of benzene rings is 6. The number of hydrogen-bond acceptors (Lipinski definition) is 7. The molecular weight excluding hydrogens is 856 g/mol. The molecule has 0 bridgehead atoms. The predicted octanol–water partition coefficient (Wildman–Crippen LogP) is 10.7. The van der Waals surface area contributed by atoms with Gasteiger partial charge in [0.15, 0.2) is 0 Å². The van der Waals surface area contributed by atoms with Gasteiger partial charge in [0, 0.05) is 45.0 Å². The minimum Gasteiger partial charge on any atom is -0.438 e. The van der Waals surface area contributed by atoms with E-state index in [4.69, 9.17) is 19.8 Å². The second-order valence-corrected chi connectivity index (χ2v) is 23.5. The first kappa shape index (κ1) is 41.9. The van der Waals surface area contributed by atoms with E-state index < -0.39 is 0 Å². The van der Waals surface area contributed by atoms with E-state index in [2.05, 4.69) is 210 Å². The molecule has 8 nitrogen and oxygen atoms in total. The molecule has 0 amide bonds. The van der Waals surface area contributed by atoms with Crippen LogP contribution in [0, 0.1) is 6.92 Å². The lowest BCUT2D eigenvalue weighted by molar-refractivity contribution is 0.332. The maximum Gasteiger partial charge on any atom is 0.260 e. The van der Waals surface area contributed by atoms with Gasteiger partial charge in [0.1, 0.15) is 29.0 Å². The fraction of sp³-hybridized carbons (Fsp3) is 0.283. The van der Waals surface area contributed by atoms with Gasteiger partial charge in [-0.25, -0.2) is 9.97 Å². The molecule has 2 aromatic heterocycles. The van der Waals surface area contributed by atoms with Crippen molar-refractivity contribution in [2.24, 2.45) is 0 Å². The van der Waals surface area contributed by atoms with Crippen molar-refractivity contribution in [2.45, 2.75) is 110 Å². The summed E-state index contributed by atoms with van der Waals surface area (Å²) in [6, 6.07) is 47.7. The van der Waals surface area contributed by atoms with Crippen molar-refractivity contribution in [3.05, 3.63) is 155 Å². The third-order valence-corrected chi connectivity index (χ3v) is 17.4. The number of hydrogen-bond donors (Lipinski definition) is 1. The number of H-pyrrole nitrogens is 1. The summed E-state index contributed by atoms with van der Waals surface area (Å²) in [4.78, 5) is 18.3. The molecule has 0 spiro atoms. The minimum absolute atomic E-state index is 0.00130. The van der Waals surface area contributed by atoms with Gasteiger partial charge in [-0.15, -0.1) is 5.10 Å². The van der Waals surface area contributed by atoms with E-state index in [0.29, 0.717) is 5.88 Å². The van der Waals surface area contributed by atoms with Gasteiger partial charge in [0.2, 0.25) is 5.88 Å². The molecule has 0 unspecified atom stereocenters. The summed E-state index contributed by atoms with van der Waals surface area (Å²) in [5.74, 6) is 4.98. The summed E-state index contributed by atoms with van der Waals surface area (Å²) in [5.41, 5.74) is 19.5. The summed E-state index contributed by atoms with van der Waals surface area (Å²) in [5, 5.41) is 8.55. The largest absolute Gasteiger partial charge is 0.438 e. The van der Waals surface area contributed by atoms with Gasteiger partial charge in [0.25, 0.3) is 13.4 Å². The number of rotatable bonds is 3. The molecule has 4 aliphatic heterocycles. The van der Waals surface area contributed by atoms with Gasteiger partial charge < -0.3 is 4.74 Å². The van der Waals surface area contributed by atoms with E-state index in [1.54, 1.807) is 0 Å². The second kappa shape index (κ2) is 14.1. The average molecular weight is 914 g/mol. The number of aromatic nitrogens is 4. The van der Waals surface area contributed by atoms with Gasteiger partial charge in [-0.2, -0.15) is 0 Å². The predicted molar refractivity (Wildman–Crippen MR) is 289 cm³/mol. The highest BCUT2D eigenvalue weighted by Crippen LogP contribution is 2.52. The third kappa shape index (κ3) is 5.70. The fourth-order valence-electron chi connectivity index (χ4n) is 13.4. The molecule has 6 heterocycles. The normalized spacial score (nSPS) is 18.6. The summed E-state index contributed by atoms with van der Waals surface area (Å²) in [6.07, 6.45) is 4.56. The van der Waals surface area contributed by atoms with Crippen LogP contribution in [0.15, 0.2) is 127 Å². The third-order valence-electron chi connectivity index (χ3n) is 17.4. The first-order valence-corrected chi connectivity index (χ1v) is 25.4. The van der Waals surface area contributed by atoms with E-state index in [1.165, 1.54) is 38.6 Å². The molecule has 14 rings (SSSR count). The van der Waals surface area contributed by atoms with Gasteiger partial charge in [-0.1, -0.05) is 128 Å². The molecule has 10 heteroatoms. The highest BCUT2D eigenvalue weighted by Gasteiger charge is 2.50. The standard InChI is InChI=1S/C60H57B2N7O/c1-35-63-53-51-54(64-35)68(37-23-25-39-41(31-37)59(6,7)29-27-57(39,2)3)48-34-49-46(33-45(48)61(51)43-19-13-15-21-47(43)67(53)36-17-11-10-12-18-36)62-44-20-14-16-22-50(44)70-56-52(62)55(65-66-56)69(49)38-24-26-40-42(32-38)60(8,9)30-28-58(40,4)5/h10-26,31-34H,27-30H2,1-9H3,(H,65,66). The van der Waals surface area contributed by atoms with Crippen molar-refractivity contribution in [1.82, 2.24) is 20.2 Å². The molecule has 0 saturated heterocycles. The van der Waals surface area contributed by atoms with Crippen LogP contribution in [-0.4, -0.2) is 33.6 Å². The molecule has 0 saturated carbocycles. The van der Waals surface area contributed by atoms with Crippen molar-refractivity contribution in [2.75, 3.05) is 14.7 Å². The molecule has 0 atom stereocenters. The van der Waals surface area contributed by atoms with Gasteiger partial charge >= 0.3 is 0 Å². The molecule has 8 aromatic rings. The van der Waals surface area contributed by atoms with Crippen LogP contribution in [0.5, 0.6) is 11.6 Å². The van der Waals surface area contributed by atoms with Gasteiger partial charge in [-0.05, 0) is 153 Å². The van der Waals surface area contributed by atoms with Gasteiger partial charge in [-0.3, -0.25) is 19.8 Å². The number of ether oxygens (including phenoxy) is 1. The van der Waals surface area contributed by atoms with E-state index in [1.807, 2.05) is 0 Å². The Morgan fingerprint density at radius 3 is 1.63 bits per heavy atom. The quantitative estimate of drug-likeness (QED) is 0.177. The van der Waals surface area contributed by atoms with E-state index >= 15 is 0 Å². The Hall–Kier alpha value is -7.06. The van der Waals surface area contributed by atoms with Crippen molar-refractivity contribution in [3.8, 4) is 11.6 Å². The molecular formula is C60H57B2N7O. The van der Waals surface area contributed by atoms with Crippen molar-refractivity contribution < 1.29 is 4.74 Å². The summed E-state index contributed by atoms with van der Waals surface area (Å²) >= 11 is 0. The Bertz CT molecular complexity index is 3560. The van der Waals surface area contributed by atoms with Crippen molar-refractivity contribution in [3.63, 3.8) is 0 Å². The maximum absolute atomic E-state index is 6.70. The SMILES string of the molecule is Cc1nc2c3c(n1)N(c1ccc4c(c1)C(C)(C)CCC4(C)C)c1cc4c(cc1B3c1ccccc1N2c1ccccc1)B1c2ccccc2Oc2n[nH]c(c21)N4c1ccc2c(c1)C(C)(C)CCC2(C)C. The molecule has 70 heavy (non-hydrogen) atoms. The molecule has 1 N–H and O–H groups in total. The van der Waals surface area contributed by atoms with E-state index in [9.17, 15) is 0 Å². The van der Waals surface area contributed by atoms with Crippen LogP contribution in [0.25, 0.3) is 0 Å². The van der Waals surface area contributed by atoms with Crippen LogP contribution in [0.1, 0.15) is 109 Å². The zero-order valence-corrected chi connectivity index (χ0v) is 41.7. The highest BCUT2D eigenvalue weighted by molar-refractivity contribution is 7.02. The topological polar surface area (TPSA) is 73.4 Å². The van der Waals surface area contributed by atoms with Crippen LogP contribution >= 0.6 is 0 Å². The lowest BCUT2D eigenvalue weighted by atomic mass is 9.31. The lowest BCUT2D eigenvalue weighted by Crippen LogP contribution is -2.64. The zero-order valence-electron chi connectivity index (χ0n) is 41.7. The second-order valence-electron chi connectivity index (χ2n) is 23.5. The molecule has 6 aliphatic rings. The molecule has 0 fully saturated rings. The summed E-state index contributed by atoms with van der Waals surface area (Å²) in [6.45, 7) is 21.1. The number of aryl methyl sites for hydroxylation is 1. The van der Waals surface area contributed by atoms with Crippen LogP contribution in [0.3, 0.4) is 0 Å². The Balaban J connectivity index is 1.09. The fourth-order valence-corrected chi connectivity index (χ4v) is 13.4. The Kier molecular flexibility index (Phi) is 8.41. The Morgan fingerprint density at radius 1 is 0.471 bits per heavy atom. The van der Waals surface area contributed by atoms with Crippen LogP contribution in [0.2, 0.25) is 0 Å². The van der Waals surface area contributed by atoms with Crippen molar-refractivity contribution in [1.29, 1.82) is 0 Å². The van der Waals surface area contributed by atoms with Crippen molar-refractivity contribution >= 4 is 97.8 Å². The number of nitrogens with zero attached hydrogens (tertiary/aromatic N) is 6. The smallest absolute Gasteiger partial charge is 0.260 e. The summed E-state index contributed by atoms with van der Waals surface area (Å²) < 4.78 is 6.70. The first-order valence-electron chi connectivity index (χ1n) is 25.4. The maximum atomic E-state index is 6.70. The molecule has 2 aliphatic carbocycles. The lowest BCUT2D eigenvalue weighted by Gasteiger charge is -2.45. The van der Waals surface area contributed by atoms with Crippen LogP contribution in [-0.2, 0) is 21.7 Å². The average Bonchev–Trinajstić information content (AvgIpc) is 3.77. The van der Waals surface area contributed by atoms with Gasteiger partial charge in [0.05, 0.1) is 0 Å². The first-order chi connectivity index (χ1) is 33.6. The number of para-hydroxylation sites is 3. The Morgan fingerprint density at radius 2 is 0.986 bits per heavy atom. The number of anilines is 9. The van der Waals surface area contributed by atoms with Crippen LogP contribution in [0.4, 0.5) is 51.6 Å². The number of fused-ring (bicyclic) bond motifs is 10. The molecule has 0 radical (unpaired) electrons. The van der Waals surface area contributed by atoms with Crippen LogP contribution < -0.4 is 52.2 Å². The minimum atomic E-state index is -0.160. The monoisotopic (exact) mass is 913 g/mol. The zero-order chi connectivity index (χ0) is 47.8. The molecule has 6 aromatic carbocycles. The number of nitrogens with one attached hydrogen (secondary N) is 1. The molecule has 344 valence electrons.